The van der Waals surface area contributed by atoms with Crippen molar-refractivity contribution in [2.75, 3.05) is 31.4 Å². The number of amides is 3. The van der Waals surface area contributed by atoms with E-state index in [4.69, 9.17) is 14.2 Å². The third kappa shape index (κ3) is 4.76. The maximum atomic E-state index is 12.9. The fraction of sp³-hybridized carbons (Fsp3) is 0.591. The van der Waals surface area contributed by atoms with Crippen molar-refractivity contribution in [3.8, 4) is 11.5 Å². The summed E-state index contributed by atoms with van der Waals surface area (Å²) >= 11 is 0. The first-order chi connectivity index (χ1) is 14.9. The Hall–Kier alpha value is -2.81. The van der Waals surface area contributed by atoms with Crippen molar-refractivity contribution in [3.05, 3.63) is 18.2 Å². The second-order valence-electron chi connectivity index (χ2n) is 8.55. The van der Waals surface area contributed by atoms with Gasteiger partial charge in [-0.1, -0.05) is 13.8 Å². The summed E-state index contributed by atoms with van der Waals surface area (Å²) in [6, 6.07) is 4.62. The molecular formula is C22H29N3O6. The summed E-state index contributed by atoms with van der Waals surface area (Å²) in [6.45, 7) is 5.35. The lowest BCUT2D eigenvalue weighted by atomic mass is 10.0. The van der Waals surface area contributed by atoms with Gasteiger partial charge in [0.25, 0.3) is 0 Å². The maximum Gasteiger partial charge on any atom is 0.242 e. The van der Waals surface area contributed by atoms with Gasteiger partial charge in [0.2, 0.25) is 24.5 Å². The molecular weight excluding hydrogens is 402 g/mol. The lowest BCUT2D eigenvalue weighted by Gasteiger charge is -2.24. The Kier molecular flexibility index (Phi) is 6.31. The van der Waals surface area contributed by atoms with Crippen LogP contribution in [-0.4, -0.2) is 56.4 Å². The van der Waals surface area contributed by atoms with Crippen molar-refractivity contribution >= 4 is 23.4 Å². The van der Waals surface area contributed by atoms with E-state index in [2.05, 4.69) is 10.6 Å². The van der Waals surface area contributed by atoms with Crippen molar-refractivity contribution in [2.24, 2.45) is 11.8 Å². The Morgan fingerprint density at radius 1 is 1.23 bits per heavy atom. The van der Waals surface area contributed by atoms with Crippen LogP contribution in [0.25, 0.3) is 0 Å². The molecule has 1 aromatic carbocycles. The van der Waals surface area contributed by atoms with Gasteiger partial charge in [-0.05, 0) is 30.9 Å². The average Bonchev–Trinajstić information content (AvgIpc) is 3.49. The number of ether oxygens (including phenoxy) is 3. The highest BCUT2D eigenvalue weighted by molar-refractivity contribution is 6.01. The molecule has 2 unspecified atom stereocenters. The van der Waals surface area contributed by atoms with Crippen molar-refractivity contribution in [2.45, 2.75) is 45.3 Å². The first kappa shape index (κ1) is 21.4. The molecule has 0 aliphatic carbocycles. The molecule has 2 N–H and O–H groups in total. The minimum absolute atomic E-state index is 0.0372. The first-order valence-electron chi connectivity index (χ1n) is 10.8. The van der Waals surface area contributed by atoms with Gasteiger partial charge in [-0.25, -0.2) is 0 Å². The van der Waals surface area contributed by atoms with Crippen LogP contribution in [0.4, 0.5) is 5.69 Å². The summed E-state index contributed by atoms with van der Waals surface area (Å²) in [7, 11) is 0. The van der Waals surface area contributed by atoms with E-state index >= 15 is 0 Å². The molecule has 9 nitrogen and oxygen atoms in total. The average molecular weight is 431 g/mol. The number of rotatable bonds is 7. The van der Waals surface area contributed by atoms with Crippen LogP contribution >= 0.6 is 0 Å². The van der Waals surface area contributed by atoms with E-state index in [-0.39, 0.29) is 49.5 Å². The summed E-state index contributed by atoms with van der Waals surface area (Å²) in [5.41, 5.74) is 0.666. The van der Waals surface area contributed by atoms with E-state index in [9.17, 15) is 14.4 Å². The molecule has 0 spiro atoms. The number of hydrogen-bond donors (Lipinski definition) is 2. The predicted octanol–water partition coefficient (Wildman–Crippen LogP) is 1.20. The maximum absolute atomic E-state index is 12.9. The zero-order valence-electron chi connectivity index (χ0n) is 17.9. The molecule has 3 heterocycles. The van der Waals surface area contributed by atoms with E-state index in [1.807, 2.05) is 13.8 Å². The van der Waals surface area contributed by atoms with Gasteiger partial charge in [-0.15, -0.1) is 0 Å². The summed E-state index contributed by atoms with van der Waals surface area (Å²) in [5.74, 6) is -0.0403. The second kappa shape index (κ2) is 9.13. The highest BCUT2D eigenvalue weighted by Crippen LogP contribution is 2.37. The fourth-order valence-electron chi connectivity index (χ4n) is 4.12. The number of anilines is 1. The molecule has 2 fully saturated rings. The Morgan fingerprint density at radius 2 is 2.03 bits per heavy atom. The number of fused-ring (bicyclic) bond motifs is 1. The number of carbonyl (C=O) groups excluding carboxylic acids is 3. The highest BCUT2D eigenvalue weighted by Gasteiger charge is 2.37. The van der Waals surface area contributed by atoms with Gasteiger partial charge >= 0.3 is 0 Å². The third-order valence-corrected chi connectivity index (χ3v) is 5.94. The Bertz CT molecular complexity index is 852. The van der Waals surface area contributed by atoms with E-state index in [0.29, 0.717) is 23.7 Å². The summed E-state index contributed by atoms with van der Waals surface area (Å²) in [6.07, 6.45) is 2.07. The largest absolute Gasteiger partial charge is 0.454 e. The van der Waals surface area contributed by atoms with Crippen LogP contribution in [-0.2, 0) is 19.1 Å². The normalized spacial score (nSPS) is 23.3. The van der Waals surface area contributed by atoms with Crippen LogP contribution in [0, 0.1) is 11.8 Å². The molecule has 3 aliphatic heterocycles. The van der Waals surface area contributed by atoms with Crippen LogP contribution in [0.15, 0.2) is 18.2 Å². The standard InChI is InChI=1S/C22H29N3O6/c1-13(2)20(22(28)23-10-16-4-3-7-29-16)24-21(27)14-8-19(26)25(11-14)15-5-6-17-18(9-15)31-12-30-17/h5-6,9,13-14,16,20H,3-4,7-8,10-12H2,1-2H3,(H,23,28)(H,24,27)/t14?,16?,20-/m1/s1. The van der Waals surface area contributed by atoms with E-state index in [1.165, 1.54) is 0 Å². The molecule has 0 bridgehead atoms. The molecule has 2 saturated heterocycles. The van der Waals surface area contributed by atoms with Crippen molar-refractivity contribution < 1.29 is 28.6 Å². The summed E-state index contributed by atoms with van der Waals surface area (Å²) in [5, 5.41) is 5.74. The van der Waals surface area contributed by atoms with Crippen molar-refractivity contribution in [1.29, 1.82) is 0 Å². The van der Waals surface area contributed by atoms with Crippen LogP contribution < -0.4 is 25.0 Å². The van der Waals surface area contributed by atoms with Gasteiger partial charge in [0.05, 0.1) is 12.0 Å². The van der Waals surface area contributed by atoms with Gasteiger partial charge < -0.3 is 29.7 Å². The minimum atomic E-state index is -0.663. The lowest BCUT2D eigenvalue weighted by molar-refractivity contribution is -0.132. The molecule has 3 aliphatic rings. The number of nitrogens with one attached hydrogen (secondary N) is 2. The van der Waals surface area contributed by atoms with E-state index in [0.717, 1.165) is 19.4 Å². The second-order valence-corrected chi connectivity index (χ2v) is 8.55. The van der Waals surface area contributed by atoms with Crippen LogP contribution in [0.1, 0.15) is 33.1 Å². The van der Waals surface area contributed by atoms with Gasteiger partial charge in [0.1, 0.15) is 6.04 Å². The summed E-state index contributed by atoms with van der Waals surface area (Å²) < 4.78 is 16.2. The molecule has 0 saturated carbocycles. The van der Waals surface area contributed by atoms with Crippen molar-refractivity contribution in [3.63, 3.8) is 0 Å². The fourth-order valence-corrected chi connectivity index (χ4v) is 4.12. The third-order valence-electron chi connectivity index (χ3n) is 5.94. The van der Waals surface area contributed by atoms with Gasteiger partial charge in [-0.2, -0.15) is 0 Å². The quantitative estimate of drug-likeness (QED) is 0.672. The lowest BCUT2D eigenvalue weighted by Crippen LogP contribution is -2.52. The number of carbonyl (C=O) groups is 3. The van der Waals surface area contributed by atoms with E-state index in [1.54, 1.807) is 23.1 Å². The smallest absolute Gasteiger partial charge is 0.242 e. The highest BCUT2D eigenvalue weighted by atomic mass is 16.7. The zero-order valence-corrected chi connectivity index (χ0v) is 17.9. The molecule has 168 valence electrons. The molecule has 9 heteroatoms. The predicted molar refractivity (Wildman–Crippen MR) is 112 cm³/mol. The first-order valence-corrected chi connectivity index (χ1v) is 10.8. The molecule has 3 atom stereocenters. The van der Waals surface area contributed by atoms with Crippen molar-refractivity contribution in [1.82, 2.24) is 10.6 Å². The minimum Gasteiger partial charge on any atom is -0.454 e. The SMILES string of the molecule is CC(C)[C@@H](NC(=O)C1CC(=O)N(c2ccc3c(c2)OCO3)C1)C(=O)NCC1CCCO1. The number of nitrogens with zero attached hydrogens (tertiary/aromatic N) is 1. The topological polar surface area (TPSA) is 106 Å². The molecule has 0 aromatic heterocycles. The molecule has 4 rings (SSSR count). The molecule has 0 radical (unpaired) electrons. The number of hydrogen-bond acceptors (Lipinski definition) is 6. The zero-order chi connectivity index (χ0) is 22.0. The Labute approximate surface area is 181 Å². The Balaban J connectivity index is 1.35. The van der Waals surface area contributed by atoms with Crippen LogP contribution in [0.3, 0.4) is 0 Å². The van der Waals surface area contributed by atoms with Gasteiger partial charge in [0, 0.05) is 37.9 Å². The molecule has 3 amide bonds. The van der Waals surface area contributed by atoms with Crippen LogP contribution in [0.5, 0.6) is 11.5 Å². The van der Waals surface area contributed by atoms with Gasteiger partial charge in [0.15, 0.2) is 11.5 Å². The monoisotopic (exact) mass is 431 g/mol. The van der Waals surface area contributed by atoms with Gasteiger partial charge in [-0.3, -0.25) is 14.4 Å². The van der Waals surface area contributed by atoms with E-state index < -0.39 is 12.0 Å². The van der Waals surface area contributed by atoms with Crippen LogP contribution in [0.2, 0.25) is 0 Å². The number of benzene rings is 1. The molecule has 31 heavy (non-hydrogen) atoms. The Morgan fingerprint density at radius 3 is 2.77 bits per heavy atom. The summed E-state index contributed by atoms with van der Waals surface area (Å²) in [4.78, 5) is 39.7. The molecule has 1 aromatic rings.